The van der Waals surface area contributed by atoms with Crippen molar-refractivity contribution in [3.8, 4) is 0 Å². The first-order valence-electron chi connectivity index (χ1n) is 7.60. The van der Waals surface area contributed by atoms with Gasteiger partial charge in [0.1, 0.15) is 0 Å². The highest BCUT2D eigenvalue weighted by Crippen LogP contribution is 2.35. The fourth-order valence-corrected chi connectivity index (χ4v) is 2.73. The van der Waals surface area contributed by atoms with Gasteiger partial charge in [0, 0.05) is 17.3 Å². The quantitative estimate of drug-likeness (QED) is 0.358. The van der Waals surface area contributed by atoms with E-state index in [-0.39, 0.29) is 16.0 Å². The van der Waals surface area contributed by atoms with Crippen molar-refractivity contribution in [3.63, 3.8) is 0 Å². The lowest BCUT2D eigenvalue weighted by molar-refractivity contribution is -0.385. The molecule has 0 aliphatic rings. The van der Waals surface area contributed by atoms with Gasteiger partial charge in [0.25, 0.3) is 5.69 Å². The van der Waals surface area contributed by atoms with Crippen LogP contribution in [0.15, 0.2) is 18.2 Å². The fraction of sp³-hybridized carbons (Fsp3) is 0.529. The minimum absolute atomic E-state index is 0.0976. The summed E-state index contributed by atoms with van der Waals surface area (Å²) in [6.45, 7) is 15.1. The fourth-order valence-electron chi connectivity index (χ4n) is 2.05. The van der Waals surface area contributed by atoms with Gasteiger partial charge >= 0.3 is 0 Å². The second-order valence-electron chi connectivity index (χ2n) is 8.02. The molecule has 2 N–H and O–H groups in total. The van der Waals surface area contributed by atoms with E-state index in [4.69, 9.17) is 5.73 Å². The van der Waals surface area contributed by atoms with E-state index >= 15 is 0 Å². The molecule has 122 valence electrons. The van der Waals surface area contributed by atoms with Crippen LogP contribution >= 0.6 is 0 Å². The molecular weight excluding hydrogens is 292 g/mol. The molecule has 1 aromatic rings. The lowest BCUT2D eigenvalue weighted by atomic mass is 9.84. The van der Waals surface area contributed by atoms with Crippen LogP contribution in [0.5, 0.6) is 0 Å². The van der Waals surface area contributed by atoms with Crippen LogP contribution in [0, 0.1) is 10.1 Å². The van der Waals surface area contributed by atoms with E-state index in [1.54, 1.807) is 0 Å². The Morgan fingerprint density at radius 2 is 1.82 bits per heavy atom. The number of nitrogen functional groups attached to an aromatic ring is 1. The van der Waals surface area contributed by atoms with Crippen LogP contribution in [0.2, 0.25) is 25.2 Å². The second kappa shape index (κ2) is 6.24. The van der Waals surface area contributed by atoms with E-state index in [9.17, 15) is 10.1 Å². The summed E-state index contributed by atoms with van der Waals surface area (Å²) in [6.07, 6.45) is 4.19. The molecule has 0 bridgehead atoms. The molecule has 1 atom stereocenters. The van der Waals surface area contributed by atoms with Crippen molar-refractivity contribution in [1.82, 2.24) is 0 Å². The number of nitro groups is 1. The third-order valence-corrected chi connectivity index (χ3v) is 7.06. The maximum atomic E-state index is 11.3. The average Bonchev–Trinajstić information content (AvgIpc) is 2.33. The predicted molar refractivity (Wildman–Crippen MR) is 98.0 cm³/mol. The SMILES string of the molecule is CC(/C=C/c1cc(C(C)(C)C)c([N+](=O)[O-])cc1N)[Si](C)(C)C. The zero-order chi connectivity index (χ0) is 17.3. The van der Waals surface area contributed by atoms with Crippen molar-refractivity contribution in [1.29, 1.82) is 0 Å². The Morgan fingerprint density at radius 1 is 1.27 bits per heavy atom. The molecule has 0 radical (unpaired) electrons. The molecule has 1 unspecified atom stereocenters. The van der Waals surface area contributed by atoms with Crippen LogP contribution in [-0.2, 0) is 5.41 Å². The molecule has 0 saturated heterocycles. The molecule has 0 fully saturated rings. The van der Waals surface area contributed by atoms with Gasteiger partial charge < -0.3 is 5.73 Å². The van der Waals surface area contributed by atoms with Crippen LogP contribution in [0.4, 0.5) is 11.4 Å². The molecule has 5 heteroatoms. The maximum Gasteiger partial charge on any atom is 0.275 e. The molecule has 0 spiro atoms. The number of hydrogen-bond donors (Lipinski definition) is 1. The normalized spacial score (nSPS) is 14.3. The highest BCUT2D eigenvalue weighted by molar-refractivity contribution is 6.77. The zero-order valence-electron chi connectivity index (χ0n) is 14.7. The van der Waals surface area contributed by atoms with Gasteiger partial charge in [-0.1, -0.05) is 59.5 Å². The van der Waals surface area contributed by atoms with Crippen LogP contribution < -0.4 is 5.73 Å². The van der Waals surface area contributed by atoms with E-state index in [1.807, 2.05) is 32.9 Å². The van der Waals surface area contributed by atoms with Crippen LogP contribution in [0.1, 0.15) is 38.8 Å². The zero-order valence-corrected chi connectivity index (χ0v) is 15.7. The lowest BCUT2D eigenvalue weighted by Gasteiger charge is -2.22. The van der Waals surface area contributed by atoms with Gasteiger partial charge in [-0.25, -0.2) is 0 Å². The molecule has 1 aromatic carbocycles. The number of hydrogen-bond acceptors (Lipinski definition) is 3. The largest absolute Gasteiger partial charge is 0.398 e. The summed E-state index contributed by atoms with van der Waals surface area (Å²) in [7, 11) is -1.25. The summed E-state index contributed by atoms with van der Waals surface area (Å²) >= 11 is 0. The van der Waals surface area contributed by atoms with Crippen LogP contribution in [0.3, 0.4) is 0 Å². The number of nitrogens with zero attached hydrogens (tertiary/aromatic N) is 1. The molecule has 0 amide bonds. The van der Waals surface area contributed by atoms with Crippen molar-refractivity contribution in [2.45, 2.75) is 58.3 Å². The summed E-state index contributed by atoms with van der Waals surface area (Å²) in [5.74, 6) is 0. The average molecular weight is 321 g/mol. The Morgan fingerprint density at radius 3 is 2.23 bits per heavy atom. The molecule has 0 heterocycles. The van der Waals surface area contributed by atoms with Gasteiger partial charge in [-0.2, -0.15) is 0 Å². The van der Waals surface area contributed by atoms with E-state index in [2.05, 4.69) is 32.6 Å². The number of nitrogens with two attached hydrogens (primary N) is 1. The van der Waals surface area contributed by atoms with Crippen molar-refractivity contribution in [2.24, 2.45) is 0 Å². The number of rotatable bonds is 4. The molecular formula is C17H28N2O2Si. The van der Waals surface area contributed by atoms with Crippen LogP contribution in [-0.4, -0.2) is 13.0 Å². The summed E-state index contributed by atoms with van der Waals surface area (Å²) < 4.78 is 0. The van der Waals surface area contributed by atoms with E-state index in [1.165, 1.54) is 6.07 Å². The standard InChI is InChI=1S/C17H28N2O2Si/c1-12(22(5,6)7)8-9-13-10-14(17(2,3)4)16(19(20)21)11-15(13)18/h8-12H,18H2,1-7H3/b9-8+. The summed E-state index contributed by atoms with van der Waals surface area (Å²) in [4.78, 5) is 10.9. The Bertz CT molecular complexity index is 596. The Labute approximate surface area is 134 Å². The van der Waals surface area contributed by atoms with E-state index in [0.717, 1.165) is 5.56 Å². The van der Waals surface area contributed by atoms with Crippen molar-refractivity contribution >= 4 is 25.5 Å². The van der Waals surface area contributed by atoms with Gasteiger partial charge in [-0.05, 0) is 22.6 Å². The topological polar surface area (TPSA) is 69.2 Å². The van der Waals surface area contributed by atoms with Crippen molar-refractivity contribution < 1.29 is 4.92 Å². The smallest absolute Gasteiger partial charge is 0.275 e. The molecule has 4 nitrogen and oxygen atoms in total. The first-order chi connectivity index (χ1) is 9.84. The number of allylic oxidation sites excluding steroid dienone is 1. The number of nitro benzene ring substituents is 1. The van der Waals surface area contributed by atoms with Crippen molar-refractivity contribution in [3.05, 3.63) is 39.4 Å². The van der Waals surface area contributed by atoms with Crippen LogP contribution in [0.25, 0.3) is 6.08 Å². The molecule has 1 rings (SSSR count). The Balaban J connectivity index is 3.34. The Hall–Kier alpha value is -1.62. The molecule has 0 aliphatic carbocycles. The number of benzene rings is 1. The minimum atomic E-state index is -1.25. The van der Waals surface area contributed by atoms with Gasteiger partial charge in [0.15, 0.2) is 0 Å². The Kier molecular flexibility index (Phi) is 5.23. The maximum absolute atomic E-state index is 11.3. The van der Waals surface area contributed by atoms with Gasteiger partial charge in [0.2, 0.25) is 0 Å². The molecule has 0 aromatic heterocycles. The van der Waals surface area contributed by atoms with Gasteiger partial charge in [-0.3, -0.25) is 10.1 Å². The predicted octanol–water partition coefficient (Wildman–Crippen LogP) is 5.22. The third kappa shape index (κ3) is 4.43. The van der Waals surface area contributed by atoms with Gasteiger partial charge in [0.05, 0.1) is 13.0 Å². The highest BCUT2D eigenvalue weighted by Gasteiger charge is 2.26. The monoisotopic (exact) mass is 320 g/mol. The summed E-state index contributed by atoms with van der Waals surface area (Å²) in [5, 5.41) is 11.3. The first kappa shape index (κ1) is 18.4. The lowest BCUT2D eigenvalue weighted by Crippen LogP contribution is -2.24. The highest BCUT2D eigenvalue weighted by atomic mass is 28.3. The third-order valence-electron chi connectivity index (χ3n) is 4.14. The van der Waals surface area contributed by atoms with Crippen molar-refractivity contribution in [2.75, 3.05) is 5.73 Å². The van der Waals surface area contributed by atoms with E-state index < -0.39 is 8.07 Å². The molecule has 0 saturated carbocycles. The van der Waals surface area contributed by atoms with E-state index in [0.29, 0.717) is 16.8 Å². The molecule has 22 heavy (non-hydrogen) atoms. The minimum Gasteiger partial charge on any atom is -0.398 e. The first-order valence-corrected chi connectivity index (χ1v) is 11.2. The second-order valence-corrected chi connectivity index (χ2v) is 13.7. The summed E-state index contributed by atoms with van der Waals surface area (Å²) in [5.41, 5.74) is 8.37. The van der Waals surface area contributed by atoms with Gasteiger partial charge in [-0.15, -0.1) is 0 Å². The molecule has 0 aliphatic heterocycles. The number of anilines is 1. The summed E-state index contributed by atoms with van der Waals surface area (Å²) in [6, 6.07) is 3.35.